The van der Waals surface area contributed by atoms with Crippen molar-refractivity contribution < 1.29 is 14.3 Å². The molecule has 1 fully saturated rings. The van der Waals surface area contributed by atoms with Crippen molar-refractivity contribution in [2.45, 2.75) is 25.0 Å². The first-order chi connectivity index (χ1) is 10.6. The summed E-state index contributed by atoms with van der Waals surface area (Å²) in [5.41, 5.74) is 0.947. The molecule has 1 N–H and O–H groups in total. The molecule has 0 unspecified atom stereocenters. The van der Waals surface area contributed by atoms with Crippen molar-refractivity contribution in [2.75, 3.05) is 33.4 Å². The molecule has 120 valence electrons. The third kappa shape index (κ3) is 3.37. The van der Waals surface area contributed by atoms with Gasteiger partial charge in [0, 0.05) is 18.7 Å². The minimum absolute atomic E-state index is 0.0654. The number of nitrogens with zero attached hydrogens (tertiary/aromatic N) is 1. The number of nitrogens with one attached hydrogen (secondary N) is 1. The molecule has 2 aliphatic rings. The topological polar surface area (TPSA) is 50.8 Å². The van der Waals surface area contributed by atoms with E-state index in [1.807, 2.05) is 25.2 Å². The van der Waals surface area contributed by atoms with Crippen molar-refractivity contribution in [1.29, 1.82) is 0 Å². The predicted octanol–water partition coefficient (Wildman–Crippen LogP) is 2.00. The largest absolute Gasteiger partial charge is 0.492 e. The Morgan fingerprint density at radius 3 is 3.09 bits per heavy atom. The SMILES string of the molecule is CN1CCO[C@H](C(=O)N[C@H]2CCCOc3c(Cl)cccc32)C1. The highest BCUT2D eigenvalue weighted by Crippen LogP contribution is 2.36. The van der Waals surface area contributed by atoms with Crippen LogP contribution in [0, 0.1) is 0 Å². The molecule has 0 bridgehead atoms. The van der Waals surface area contributed by atoms with E-state index in [1.165, 1.54) is 0 Å². The van der Waals surface area contributed by atoms with Crippen LogP contribution in [0.4, 0.5) is 0 Å². The summed E-state index contributed by atoms with van der Waals surface area (Å²) in [6.45, 7) is 2.69. The molecule has 2 aliphatic heterocycles. The van der Waals surface area contributed by atoms with Crippen LogP contribution in [0.2, 0.25) is 5.02 Å². The van der Waals surface area contributed by atoms with Gasteiger partial charge in [0.1, 0.15) is 11.9 Å². The zero-order valence-corrected chi connectivity index (χ0v) is 13.4. The highest BCUT2D eigenvalue weighted by Gasteiger charge is 2.29. The van der Waals surface area contributed by atoms with Crippen molar-refractivity contribution in [2.24, 2.45) is 0 Å². The Labute approximate surface area is 135 Å². The van der Waals surface area contributed by atoms with Crippen LogP contribution in [-0.2, 0) is 9.53 Å². The number of benzene rings is 1. The van der Waals surface area contributed by atoms with Crippen LogP contribution in [-0.4, -0.2) is 50.3 Å². The molecule has 0 aromatic heterocycles. The maximum atomic E-state index is 12.5. The third-order valence-electron chi connectivity index (χ3n) is 4.13. The lowest BCUT2D eigenvalue weighted by molar-refractivity contribution is -0.138. The van der Waals surface area contributed by atoms with Crippen LogP contribution < -0.4 is 10.1 Å². The van der Waals surface area contributed by atoms with Crippen LogP contribution in [0.15, 0.2) is 18.2 Å². The fourth-order valence-corrected chi connectivity index (χ4v) is 3.16. The van der Waals surface area contributed by atoms with Gasteiger partial charge in [-0.25, -0.2) is 0 Å². The molecular weight excluding hydrogens is 304 g/mol. The van der Waals surface area contributed by atoms with E-state index in [9.17, 15) is 4.79 Å². The standard InChI is InChI=1S/C16H21ClN2O3/c1-19-7-9-21-14(10-19)16(20)18-13-6-3-8-22-15-11(13)4-2-5-12(15)17/h2,4-5,13-14H,3,6-10H2,1H3,(H,18,20)/t13-,14-/m0/s1. The highest BCUT2D eigenvalue weighted by molar-refractivity contribution is 6.32. The summed E-state index contributed by atoms with van der Waals surface area (Å²) in [5.74, 6) is 0.623. The molecule has 2 atom stereocenters. The molecule has 2 heterocycles. The number of morpholine rings is 1. The Morgan fingerprint density at radius 1 is 1.41 bits per heavy atom. The summed E-state index contributed by atoms with van der Waals surface area (Å²) < 4.78 is 11.3. The lowest BCUT2D eigenvalue weighted by Crippen LogP contribution is -2.49. The van der Waals surface area contributed by atoms with Gasteiger partial charge in [0.25, 0.3) is 5.91 Å². The minimum Gasteiger partial charge on any atom is -0.492 e. The fourth-order valence-electron chi connectivity index (χ4n) is 2.92. The second-order valence-electron chi connectivity index (χ2n) is 5.83. The van der Waals surface area contributed by atoms with Gasteiger partial charge >= 0.3 is 0 Å². The minimum atomic E-state index is -0.412. The number of para-hydroxylation sites is 1. The second kappa shape index (κ2) is 6.86. The number of carbonyl (C=O) groups excluding carboxylic acids is 1. The number of fused-ring (bicyclic) bond motifs is 1. The molecule has 1 amide bonds. The first-order valence-corrected chi connectivity index (χ1v) is 8.04. The Hall–Kier alpha value is -1.30. The second-order valence-corrected chi connectivity index (χ2v) is 6.24. The first kappa shape index (κ1) is 15.6. The van der Waals surface area contributed by atoms with Gasteiger partial charge in [0.2, 0.25) is 0 Å². The van der Waals surface area contributed by atoms with E-state index in [0.717, 1.165) is 24.9 Å². The number of amides is 1. The zero-order valence-electron chi connectivity index (χ0n) is 12.7. The number of rotatable bonds is 2. The van der Waals surface area contributed by atoms with Gasteiger partial charge in [0.15, 0.2) is 0 Å². The summed E-state index contributed by atoms with van der Waals surface area (Å²) in [7, 11) is 2.00. The van der Waals surface area contributed by atoms with Gasteiger partial charge in [-0.1, -0.05) is 23.7 Å². The summed E-state index contributed by atoms with van der Waals surface area (Å²) in [6, 6.07) is 5.58. The molecule has 6 heteroatoms. The Kier molecular flexibility index (Phi) is 4.86. The third-order valence-corrected chi connectivity index (χ3v) is 4.43. The van der Waals surface area contributed by atoms with Gasteiger partial charge < -0.3 is 19.7 Å². The predicted molar refractivity (Wildman–Crippen MR) is 84.3 cm³/mol. The van der Waals surface area contributed by atoms with Gasteiger partial charge in [-0.05, 0) is 26.0 Å². The smallest absolute Gasteiger partial charge is 0.250 e. The van der Waals surface area contributed by atoms with Gasteiger partial charge in [-0.15, -0.1) is 0 Å². The van der Waals surface area contributed by atoms with E-state index in [2.05, 4.69) is 10.2 Å². The quantitative estimate of drug-likeness (QED) is 0.904. The summed E-state index contributed by atoms with van der Waals surface area (Å²) in [6.07, 6.45) is 1.30. The average molecular weight is 325 g/mol. The Bertz CT molecular complexity index is 552. The molecule has 1 aromatic carbocycles. The lowest BCUT2D eigenvalue weighted by atomic mass is 10.0. The maximum Gasteiger partial charge on any atom is 0.250 e. The number of carbonyl (C=O) groups is 1. The normalized spacial score (nSPS) is 25.7. The van der Waals surface area contributed by atoms with Crippen molar-refractivity contribution >= 4 is 17.5 Å². The molecule has 0 radical (unpaired) electrons. The molecule has 1 saturated heterocycles. The van der Waals surface area contributed by atoms with Crippen molar-refractivity contribution in [3.8, 4) is 5.75 Å². The molecule has 0 aliphatic carbocycles. The summed E-state index contributed by atoms with van der Waals surface area (Å²) in [4.78, 5) is 14.6. The van der Waals surface area contributed by atoms with Crippen LogP contribution in [0.5, 0.6) is 5.75 Å². The number of halogens is 1. The monoisotopic (exact) mass is 324 g/mol. The van der Waals surface area contributed by atoms with E-state index in [1.54, 1.807) is 0 Å². The van der Waals surface area contributed by atoms with Crippen LogP contribution in [0.1, 0.15) is 24.4 Å². The molecular formula is C16H21ClN2O3. The molecule has 3 rings (SSSR count). The zero-order chi connectivity index (χ0) is 15.5. The van der Waals surface area contributed by atoms with Gasteiger partial charge in [-0.3, -0.25) is 4.79 Å². The van der Waals surface area contributed by atoms with E-state index >= 15 is 0 Å². The number of hydrogen-bond donors (Lipinski definition) is 1. The Morgan fingerprint density at radius 2 is 2.27 bits per heavy atom. The number of hydrogen-bond acceptors (Lipinski definition) is 4. The van der Waals surface area contributed by atoms with E-state index in [-0.39, 0.29) is 11.9 Å². The van der Waals surface area contributed by atoms with Crippen LogP contribution >= 0.6 is 11.6 Å². The van der Waals surface area contributed by atoms with Gasteiger partial charge in [0.05, 0.1) is 24.3 Å². The van der Waals surface area contributed by atoms with Crippen LogP contribution in [0.25, 0.3) is 0 Å². The number of ether oxygens (including phenoxy) is 2. The van der Waals surface area contributed by atoms with E-state index in [4.69, 9.17) is 21.1 Å². The average Bonchev–Trinajstić information content (AvgIpc) is 2.71. The van der Waals surface area contributed by atoms with Gasteiger partial charge in [-0.2, -0.15) is 0 Å². The van der Waals surface area contributed by atoms with Crippen molar-refractivity contribution in [3.05, 3.63) is 28.8 Å². The Balaban J connectivity index is 1.75. The molecule has 0 spiro atoms. The highest BCUT2D eigenvalue weighted by atomic mass is 35.5. The fraction of sp³-hybridized carbons (Fsp3) is 0.562. The van der Waals surface area contributed by atoms with E-state index in [0.29, 0.717) is 30.5 Å². The molecule has 22 heavy (non-hydrogen) atoms. The number of likely N-dealkylation sites (N-methyl/N-ethyl adjacent to an activating group) is 1. The van der Waals surface area contributed by atoms with Crippen molar-refractivity contribution in [1.82, 2.24) is 10.2 Å². The first-order valence-electron chi connectivity index (χ1n) is 7.67. The lowest BCUT2D eigenvalue weighted by Gasteiger charge is -2.30. The van der Waals surface area contributed by atoms with Crippen LogP contribution in [0.3, 0.4) is 0 Å². The summed E-state index contributed by atoms with van der Waals surface area (Å²) in [5, 5.41) is 3.69. The molecule has 1 aromatic rings. The van der Waals surface area contributed by atoms with Crippen molar-refractivity contribution in [3.63, 3.8) is 0 Å². The maximum absolute atomic E-state index is 12.5. The molecule has 0 saturated carbocycles. The van der Waals surface area contributed by atoms with E-state index < -0.39 is 6.10 Å². The summed E-state index contributed by atoms with van der Waals surface area (Å²) >= 11 is 6.22. The molecule has 5 nitrogen and oxygen atoms in total.